The van der Waals surface area contributed by atoms with Crippen LogP contribution in [0.2, 0.25) is 0 Å². The molecule has 0 saturated heterocycles. The highest BCUT2D eigenvalue weighted by molar-refractivity contribution is 7.77. The molecule has 2 aromatic heterocycles. The molecule has 7 nitrogen and oxygen atoms in total. The van der Waals surface area contributed by atoms with Gasteiger partial charge in [0.15, 0.2) is 11.5 Å². The van der Waals surface area contributed by atoms with Gasteiger partial charge in [0, 0.05) is 29.4 Å². The molecule has 1 unspecified atom stereocenters. The molecule has 0 bridgehead atoms. The number of fused-ring (bicyclic) bond motifs is 1. The maximum Gasteiger partial charge on any atom is 0.232 e. The zero-order chi connectivity index (χ0) is 17.8. The molecule has 0 fully saturated rings. The zero-order valence-corrected chi connectivity index (χ0v) is 14.5. The van der Waals surface area contributed by atoms with Gasteiger partial charge in [-0.25, -0.2) is 8.93 Å². The van der Waals surface area contributed by atoms with Crippen LogP contribution < -0.4 is 14.2 Å². The van der Waals surface area contributed by atoms with Crippen LogP contribution in [0.25, 0.3) is 22.0 Å². The van der Waals surface area contributed by atoms with Crippen LogP contribution in [-0.4, -0.2) is 32.9 Å². The summed E-state index contributed by atoms with van der Waals surface area (Å²) >= 11 is -2.06. The highest BCUT2D eigenvalue weighted by Gasteiger charge is 2.11. The summed E-state index contributed by atoms with van der Waals surface area (Å²) in [5.41, 5.74) is 3.33. The summed E-state index contributed by atoms with van der Waals surface area (Å²) < 4.78 is 32.5. The van der Waals surface area contributed by atoms with Crippen molar-refractivity contribution in [3.05, 3.63) is 48.4 Å². The van der Waals surface area contributed by atoms with E-state index >= 15 is 0 Å². The largest absolute Gasteiger partial charge is 0.493 e. The van der Waals surface area contributed by atoms with E-state index in [0.717, 1.165) is 22.0 Å². The first-order valence-corrected chi connectivity index (χ1v) is 8.53. The monoisotopic (exact) mass is 359 g/mol. The van der Waals surface area contributed by atoms with Gasteiger partial charge in [-0.3, -0.25) is 14.5 Å². The van der Waals surface area contributed by atoms with Crippen molar-refractivity contribution in [1.29, 1.82) is 0 Å². The van der Waals surface area contributed by atoms with Gasteiger partial charge >= 0.3 is 0 Å². The van der Waals surface area contributed by atoms with Crippen molar-refractivity contribution in [3.63, 3.8) is 0 Å². The number of hydrogen-bond acceptors (Lipinski definition) is 5. The predicted molar refractivity (Wildman–Crippen MR) is 95.7 cm³/mol. The van der Waals surface area contributed by atoms with Gasteiger partial charge in [0.1, 0.15) is 0 Å². The molecule has 25 heavy (non-hydrogen) atoms. The zero-order valence-electron chi connectivity index (χ0n) is 13.7. The van der Waals surface area contributed by atoms with Crippen LogP contribution in [0, 0.1) is 0 Å². The first-order valence-electron chi connectivity index (χ1n) is 7.42. The van der Waals surface area contributed by atoms with Gasteiger partial charge < -0.3 is 9.47 Å². The minimum atomic E-state index is -2.06. The summed E-state index contributed by atoms with van der Waals surface area (Å²) in [7, 11) is 3.18. The topological polar surface area (TPSA) is 93.6 Å². The first-order chi connectivity index (χ1) is 12.1. The molecule has 0 spiro atoms. The minimum Gasteiger partial charge on any atom is -0.493 e. The molecule has 3 rings (SSSR count). The molecule has 0 radical (unpaired) electrons. The summed E-state index contributed by atoms with van der Waals surface area (Å²) in [4.78, 5) is 8.72. The van der Waals surface area contributed by atoms with E-state index < -0.39 is 11.3 Å². The lowest BCUT2D eigenvalue weighted by atomic mass is 10.0. The average Bonchev–Trinajstić information content (AvgIpc) is 2.65. The number of methoxy groups -OCH3 is 2. The SMILES string of the molecule is COc1cc2nccc(-c3ccc(CNS(=O)O)nc3)c2cc1OC. The smallest absolute Gasteiger partial charge is 0.232 e. The maximum atomic E-state index is 10.7. The van der Waals surface area contributed by atoms with Crippen LogP contribution >= 0.6 is 0 Å². The fourth-order valence-corrected chi connectivity index (χ4v) is 2.82. The second-order valence-electron chi connectivity index (χ2n) is 5.19. The highest BCUT2D eigenvalue weighted by Crippen LogP contribution is 2.35. The van der Waals surface area contributed by atoms with Crippen LogP contribution in [-0.2, 0) is 17.8 Å². The number of aromatic nitrogens is 2. The van der Waals surface area contributed by atoms with Crippen molar-refractivity contribution in [1.82, 2.24) is 14.7 Å². The quantitative estimate of drug-likeness (QED) is 0.657. The Morgan fingerprint density at radius 1 is 1.12 bits per heavy atom. The van der Waals surface area contributed by atoms with Gasteiger partial charge in [0.05, 0.1) is 32.0 Å². The second-order valence-corrected chi connectivity index (χ2v) is 5.98. The Balaban J connectivity index is 2.01. The van der Waals surface area contributed by atoms with Crippen LogP contribution in [0.3, 0.4) is 0 Å². The molecule has 2 heterocycles. The molecule has 1 aromatic carbocycles. The summed E-state index contributed by atoms with van der Waals surface area (Å²) in [6.45, 7) is 0.214. The van der Waals surface area contributed by atoms with Crippen molar-refractivity contribution in [2.45, 2.75) is 6.54 Å². The van der Waals surface area contributed by atoms with Crippen LogP contribution in [0.15, 0.2) is 42.7 Å². The fourth-order valence-electron chi connectivity index (χ4n) is 2.55. The lowest BCUT2D eigenvalue weighted by Crippen LogP contribution is -2.16. The van der Waals surface area contributed by atoms with E-state index in [0.29, 0.717) is 17.2 Å². The summed E-state index contributed by atoms with van der Waals surface area (Å²) in [5, 5.41) is 0.921. The maximum absolute atomic E-state index is 10.7. The third-order valence-corrected chi connectivity index (χ3v) is 4.15. The average molecular weight is 359 g/mol. The van der Waals surface area contributed by atoms with E-state index in [1.54, 1.807) is 26.6 Å². The molecule has 0 aliphatic heterocycles. The standard InChI is InChI=1S/C17H17N3O4S/c1-23-16-7-14-13(5-6-18-15(14)8-17(16)24-2)11-3-4-12(19-9-11)10-20-25(21)22/h3-9,20H,10H2,1-2H3,(H,21,22). The Bertz CT molecular complexity index is 916. The third-order valence-electron chi connectivity index (χ3n) is 3.76. The Morgan fingerprint density at radius 3 is 2.52 bits per heavy atom. The van der Waals surface area contributed by atoms with Gasteiger partial charge in [-0.05, 0) is 23.8 Å². The number of nitrogens with one attached hydrogen (secondary N) is 1. The van der Waals surface area contributed by atoms with E-state index in [9.17, 15) is 4.21 Å². The number of pyridine rings is 2. The van der Waals surface area contributed by atoms with Crippen molar-refractivity contribution < 1.29 is 18.2 Å². The van der Waals surface area contributed by atoms with Crippen molar-refractivity contribution in [2.75, 3.05) is 14.2 Å². The molecule has 0 aliphatic carbocycles. The van der Waals surface area contributed by atoms with Crippen molar-refractivity contribution in [3.8, 4) is 22.6 Å². The molecular formula is C17H17N3O4S. The van der Waals surface area contributed by atoms with E-state index in [1.807, 2.05) is 30.3 Å². The molecule has 8 heteroatoms. The van der Waals surface area contributed by atoms with E-state index in [4.69, 9.17) is 14.0 Å². The van der Waals surface area contributed by atoms with Gasteiger partial charge in [-0.2, -0.15) is 0 Å². The number of benzene rings is 1. The van der Waals surface area contributed by atoms with E-state index in [1.165, 1.54) is 0 Å². The van der Waals surface area contributed by atoms with Crippen molar-refractivity contribution in [2.24, 2.45) is 0 Å². The number of ether oxygens (including phenoxy) is 2. The second kappa shape index (κ2) is 7.56. The Morgan fingerprint density at radius 2 is 1.88 bits per heavy atom. The molecule has 0 aliphatic rings. The number of rotatable bonds is 6. The molecule has 2 N–H and O–H groups in total. The summed E-state index contributed by atoms with van der Waals surface area (Å²) in [5.74, 6) is 1.25. The fraction of sp³-hybridized carbons (Fsp3) is 0.176. The van der Waals surface area contributed by atoms with Crippen LogP contribution in [0.4, 0.5) is 0 Å². The summed E-state index contributed by atoms with van der Waals surface area (Å²) in [6, 6.07) is 9.35. The summed E-state index contributed by atoms with van der Waals surface area (Å²) in [6.07, 6.45) is 3.46. The van der Waals surface area contributed by atoms with Gasteiger partial charge in [0.2, 0.25) is 11.3 Å². The van der Waals surface area contributed by atoms with E-state index in [2.05, 4.69) is 14.7 Å². The van der Waals surface area contributed by atoms with Crippen LogP contribution in [0.5, 0.6) is 11.5 Å². The Labute approximate surface area is 147 Å². The normalized spacial score (nSPS) is 12.1. The first kappa shape index (κ1) is 17.3. The lowest BCUT2D eigenvalue weighted by molar-refractivity contribution is 0.356. The van der Waals surface area contributed by atoms with Gasteiger partial charge in [-0.1, -0.05) is 6.07 Å². The molecular weight excluding hydrogens is 342 g/mol. The number of hydrogen-bond donors (Lipinski definition) is 2. The molecule has 0 amide bonds. The molecule has 130 valence electrons. The third kappa shape index (κ3) is 3.76. The Hall–Kier alpha value is -2.55. The Kier molecular flexibility index (Phi) is 5.22. The van der Waals surface area contributed by atoms with Crippen molar-refractivity contribution >= 4 is 22.2 Å². The number of nitrogens with zero attached hydrogens (tertiary/aromatic N) is 2. The van der Waals surface area contributed by atoms with Crippen LogP contribution in [0.1, 0.15) is 5.69 Å². The minimum absolute atomic E-state index is 0.214. The highest BCUT2D eigenvalue weighted by atomic mass is 32.2. The van der Waals surface area contributed by atoms with Gasteiger partial charge in [-0.15, -0.1) is 0 Å². The molecule has 1 atom stereocenters. The lowest BCUT2D eigenvalue weighted by Gasteiger charge is -2.11. The molecule has 3 aromatic rings. The predicted octanol–water partition coefficient (Wildman–Crippen LogP) is 2.54. The van der Waals surface area contributed by atoms with Gasteiger partial charge in [0.25, 0.3) is 0 Å². The van der Waals surface area contributed by atoms with E-state index in [-0.39, 0.29) is 6.54 Å². The molecule has 0 saturated carbocycles.